The van der Waals surface area contributed by atoms with Crippen molar-refractivity contribution in [2.24, 2.45) is 5.84 Å². The van der Waals surface area contributed by atoms with E-state index in [9.17, 15) is 0 Å². The molecule has 0 fully saturated rings. The van der Waals surface area contributed by atoms with Crippen molar-refractivity contribution >= 4 is 5.69 Å². The summed E-state index contributed by atoms with van der Waals surface area (Å²) in [5.74, 6) is 6.10. The van der Waals surface area contributed by atoms with Crippen LogP contribution < -0.4 is 16.0 Å². The first-order valence-corrected chi connectivity index (χ1v) is 3.39. The number of methoxy groups -OCH3 is 1. The van der Waals surface area contributed by atoms with Crippen molar-refractivity contribution in [1.29, 1.82) is 0 Å². The number of hydrogen-bond acceptors (Lipinski definition) is 3. The fraction of sp³-hybridized carbons (Fsp3) is 0.250. The molecule has 11 heavy (non-hydrogen) atoms. The molecule has 0 unspecified atom stereocenters. The first-order chi connectivity index (χ1) is 5.27. The fourth-order valence-electron chi connectivity index (χ4n) is 0.968. The monoisotopic (exact) mass is 152 g/mol. The van der Waals surface area contributed by atoms with E-state index >= 15 is 0 Å². The molecule has 0 aliphatic carbocycles. The Labute approximate surface area is 66.1 Å². The second kappa shape index (κ2) is 3.25. The van der Waals surface area contributed by atoms with Gasteiger partial charge in [-0.1, -0.05) is 0 Å². The van der Waals surface area contributed by atoms with Crippen LogP contribution in [0, 0.1) is 6.92 Å². The third-order valence-corrected chi connectivity index (χ3v) is 1.56. The fourth-order valence-corrected chi connectivity index (χ4v) is 0.968. The quantitative estimate of drug-likeness (QED) is 0.496. The lowest BCUT2D eigenvalue weighted by atomic mass is 10.2. The number of nitrogen functional groups attached to an aromatic ring is 1. The van der Waals surface area contributed by atoms with E-state index in [1.807, 2.05) is 25.1 Å². The van der Waals surface area contributed by atoms with Gasteiger partial charge in [-0.2, -0.15) is 0 Å². The average molecular weight is 152 g/mol. The van der Waals surface area contributed by atoms with Gasteiger partial charge in [-0.15, -0.1) is 0 Å². The summed E-state index contributed by atoms with van der Waals surface area (Å²) in [4.78, 5) is 0. The van der Waals surface area contributed by atoms with Crippen molar-refractivity contribution in [3.8, 4) is 5.75 Å². The highest BCUT2D eigenvalue weighted by Gasteiger charge is 1.96. The average Bonchev–Trinajstić information content (AvgIpc) is 2.04. The normalized spacial score (nSPS) is 9.36. The SMILES string of the molecule is COc1ccc(NN)cc1C. The minimum Gasteiger partial charge on any atom is -0.496 e. The van der Waals surface area contributed by atoms with Crippen LogP contribution in [0.1, 0.15) is 5.56 Å². The smallest absolute Gasteiger partial charge is 0.121 e. The van der Waals surface area contributed by atoms with Crippen LogP contribution in [0.25, 0.3) is 0 Å². The minimum absolute atomic E-state index is 0.879. The molecule has 0 aliphatic heterocycles. The summed E-state index contributed by atoms with van der Waals surface area (Å²) in [7, 11) is 1.65. The van der Waals surface area contributed by atoms with Gasteiger partial charge in [0, 0.05) is 5.69 Å². The van der Waals surface area contributed by atoms with E-state index < -0.39 is 0 Å². The summed E-state index contributed by atoms with van der Waals surface area (Å²) in [6.07, 6.45) is 0. The molecule has 0 aliphatic rings. The van der Waals surface area contributed by atoms with Gasteiger partial charge in [-0.05, 0) is 30.7 Å². The number of aryl methyl sites for hydroxylation is 1. The molecule has 0 bridgehead atoms. The topological polar surface area (TPSA) is 47.3 Å². The van der Waals surface area contributed by atoms with E-state index in [0.29, 0.717) is 0 Å². The van der Waals surface area contributed by atoms with Gasteiger partial charge >= 0.3 is 0 Å². The van der Waals surface area contributed by atoms with Gasteiger partial charge < -0.3 is 10.2 Å². The molecule has 0 saturated heterocycles. The van der Waals surface area contributed by atoms with Crippen LogP contribution in [0.4, 0.5) is 5.69 Å². The van der Waals surface area contributed by atoms with Crippen LogP contribution >= 0.6 is 0 Å². The third kappa shape index (κ3) is 1.62. The Morgan fingerprint density at radius 2 is 2.18 bits per heavy atom. The molecule has 1 rings (SSSR count). The zero-order valence-corrected chi connectivity index (χ0v) is 6.72. The number of nitrogens with one attached hydrogen (secondary N) is 1. The van der Waals surface area contributed by atoms with Crippen molar-refractivity contribution < 1.29 is 4.74 Å². The van der Waals surface area contributed by atoms with Gasteiger partial charge in [0.15, 0.2) is 0 Å². The maximum absolute atomic E-state index is 5.22. The molecule has 3 N–H and O–H groups in total. The molecule has 0 atom stereocenters. The second-order valence-corrected chi connectivity index (χ2v) is 2.33. The zero-order chi connectivity index (χ0) is 8.27. The van der Waals surface area contributed by atoms with Crippen LogP contribution in [0.15, 0.2) is 18.2 Å². The number of benzene rings is 1. The summed E-state index contributed by atoms with van der Waals surface area (Å²) in [5, 5.41) is 0. The number of rotatable bonds is 2. The minimum atomic E-state index is 0.879. The van der Waals surface area contributed by atoms with Gasteiger partial charge in [0.2, 0.25) is 0 Å². The van der Waals surface area contributed by atoms with Crippen LogP contribution in [-0.4, -0.2) is 7.11 Å². The molecular weight excluding hydrogens is 140 g/mol. The molecule has 0 spiro atoms. The zero-order valence-electron chi connectivity index (χ0n) is 6.72. The molecule has 1 aromatic rings. The number of anilines is 1. The van der Waals surface area contributed by atoms with Crippen LogP contribution in [0.2, 0.25) is 0 Å². The lowest BCUT2D eigenvalue weighted by molar-refractivity contribution is 0.412. The van der Waals surface area contributed by atoms with E-state index in [2.05, 4.69) is 5.43 Å². The largest absolute Gasteiger partial charge is 0.496 e. The number of ether oxygens (including phenoxy) is 1. The predicted octanol–water partition coefficient (Wildman–Crippen LogP) is 1.29. The Morgan fingerprint density at radius 1 is 1.45 bits per heavy atom. The van der Waals surface area contributed by atoms with Crippen LogP contribution in [-0.2, 0) is 0 Å². The Kier molecular flexibility index (Phi) is 2.33. The van der Waals surface area contributed by atoms with Crippen LogP contribution in [0.3, 0.4) is 0 Å². The summed E-state index contributed by atoms with van der Waals surface area (Å²) < 4.78 is 5.08. The van der Waals surface area contributed by atoms with E-state index in [1.54, 1.807) is 7.11 Å². The highest BCUT2D eigenvalue weighted by atomic mass is 16.5. The molecule has 0 radical (unpaired) electrons. The second-order valence-electron chi connectivity index (χ2n) is 2.33. The standard InChI is InChI=1S/C8H12N2O/c1-6-5-7(10-9)3-4-8(6)11-2/h3-5,10H,9H2,1-2H3. The molecule has 3 heteroatoms. The van der Waals surface area contributed by atoms with Crippen molar-refractivity contribution in [1.82, 2.24) is 0 Å². The molecular formula is C8H12N2O. The molecule has 0 saturated carbocycles. The van der Waals surface area contributed by atoms with Gasteiger partial charge in [0.1, 0.15) is 5.75 Å². The molecule has 0 aromatic heterocycles. The van der Waals surface area contributed by atoms with Crippen molar-refractivity contribution in [2.75, 3.05) is 12.5 Å². The molecule has 0 heterocycles. The Bertz CT molecular complexity index is 248. The van der Waals surface area contributed by atoms with E-state index in [1.165, 1.54) is 0 Å². The van der Waals surface area contributed by atoms with Crippen molar-refractivity contribution in [3.05, 3.63) is 23.8 Å². The lowest BCUT2D eigenvalue weighted by Crippen LogP contribution is -2.06. The number of hydrazine groups is 1. The van der Waals surface area contributed by atoms with Gasteiger partial charge in [-0.3, -0.25) is 5.84 Å². The molecule has 3 nitrogen and oxygen atoms in total. The van der Waals surface area contributed by atoms with Gasteiger partial charge in [0.25, 0.3) is 0 Å². The first kappa shape index (κ1) is 7.88. The molecule has 60 valence electrons. The van der Waals surface area contributed by atoms with Gasteiger partial charge in [-0.25, -0.2) is 0 Å². The highest BCUT2D eigenvalue weighted by molar-refractivity contribution is 5.49. The molecule has 1 aromatic carbocycles. The molecule has 0 amide bonds. The van der Waals surface area contributed by atoms with Crippen molar-refractivity contribution in [2.45, 2.75) is 6.92 Å². The summed E-state index contributed by atoms with van der Waals surface area (Å²) in [6, 6.07) is 5.68. The van der Waals surface area contributed by atoms with E-state index in [-0.39, 0.29) is 0 Å². The van der Waals surface area contributed by atoms with Crippen LogP contribution in [0.5, 0.6) is 5.75 Å². The lowest BCUT2D eigenvalue weighted by Gasteiger charge is -2.05. The summed E-state index contributed by atoms with van der Waals surface area (Å²) in [6.45, 7) is 1.97. The Balaban J connectivity index is 2.99. The number of hydrogen-bond donors (Lipinski definition) is 2. The van der Waals surface area contributed by atoms with E-state index in [4.69, 9.17) is 10.6 Å². The Morgan fingerprint density at radius 3 is 2.64 bits per heavy atom. The summed E-state index contributed by atoms with van der Waals surface area (Å²) in [5.41, 5.74) is 4.53. The highest BCUT2D eigenvalue weighted by Crippen LogP contribution is 2.20. The maximum Gasteiger partial charge on any atom is 0.121 e. The van der Waals surface area contributed by atoms with Crippen molar-refractivity contribution in [3.63, 3.8) is 0 Å². The van der Waals surface area contributed by atoms with Gasteiger partial charge in [0.05, 0.1) is 7.11 Å². The first-order valence-electron chi connectivity index (χ1n) is 3.39. The third-order valence-electron chi connectivity index (χ3n) is 1.56. The van der Waals surface area contributed by atoms with E-state index in [0.717, 1.165) is 17.0 Å². The maximum atomic E-state index is 5.22. The Hall–Kier alpha value is -1.22. The summed E-state index contributed by atoms with van der Waals surface area (Å²) >= 11 is 0. The number of nitrogens with two attached hydrogens (primary N) is 1. The predicted molar refractivity (Wildman–Crippen MR) is 45.5 cm³/mol.